The number of aliphatic hydroxyl groups excluding tert-OH is 1. The van der Waals surface area contributed by atoms with E-state index in [2.05, 4.69) is 25.3 Å². The summed E-state index contributed by atoms with van der Waals surface area (Å²) < 4.78 is 5.23. The maximum Gasteiger partial charge on any atom is 0.188 e. The fourth-order valence-electron chi connectivity index (χ4n) is 5.29. The third-order valence-electron chi connectivity index (χ3n) is 7.26. The molecule has 0 unspecified atom stereocenters. The maximum absolute atomic E-state index is 9.77. The monoisotopic (exact) mass is 513 g/mol. The van der Waals surface area contributed by atoms with Crippen LogP contribution in [0, 0.1) is 12.0 Å². The van der Waals surface area contributed by atoms with Crippen LogP contribution in [0.15, 0.2) is 36.4 Å². The number of ether oxygens (including phenoxy) is 1. The maximum atomic E-state index is 9.77. The normalized spacial score (nSPS) is 16.9. The van der Waals surface area contributed by atoms with Gasteiger partial charge in [-0.25, -0.2) is 4.85 Å². The van der Waals surface area contributed by atoms with Crippen LogP contribution in [0.5, 0.6) is 5.75 Å². The van der Waals surface area contributed by atoms with Crippen LogP contribution in [0.25, 0.3) is 15.6 Å². The number of hydrogen-bond acceptors (Lipinski definition) is 6. The summed E-state index contributed by atoms with van der Waals surface area (Å²) in [6, 6.07) is 11.5. The molecule has 35 heavy (non-hydrogen) atoms. The van der Waals surface area contributed by atoms with Crippen LogP contribution >= 0.6 is 24.0 Å². The van der Waals surface area contributed by atoms with E-state index in [9.17, 15) is 5.11 Å². The predicted molar refractivity (Wildman–Crippen MR) is 142 cm³/mol. The molecule has 2 fully saturated rings. The average Bonchev–Trinajstić information content (AvgIpc) is 2.83. The van der Waals surface area contributed by atoms with Gasteiger partial charge in [-0.05, 0) is 61.3 Å². The van der Waals surface area contributed by atoms with Gasteiger partial charge in [0.1, 0.15) is 5.75 Å². The van der Waals surface area contributed by atoms with E-state index in [0.717, 1.165) is 67.3 Å². The second-order valence-corrected chi connectivity index (χ2v) is 9.82. The Hall–Kier alpha value is -2.79. The van der Waals surface area contributed by atoms with E-state index in [0.29, 0.717) is 34.2 Å². The number of benzene rings is 2. The molecule has 7 nitrogen and oxygen atoms in total. The molecule has 0 atom stereocenters. The first-order valence-corrected chi connectivity index (χ1v) is 12.1. The SMILES string of the molecule is Cl.[C-]#[N+]c1ccc2c(N3CCC4(CC3)CC(O)C4)nnc(NCCc3ccc(OC)c(Cl)c3)c2c1. The van der Waals surface area contributed by atoms with Gasteiger partial charge in [0.2, 0.25) is 0 Å². The lowest BCUT2D eigenvalue weighted by atomic mass is 9.61. The van der Waals surface area contributed by atoms with E-state index < -0.39 is 0 Å². The quantitative estimate of drug-likeness (QED) is 0.414. The Kier molecular flexibility index (Phi) is 7.56. The number of methoxy groups -OCH3 is 1. The Balaban J connectivity index is 0.00000289. The lowest BCUT2D eigenvalue weighted by Crippen LogP contribution is -2.49. The summed E-state index contributed by atoms with van der Waals surface area (Å²) in [7, 11) is 1.60. The minimum Gasteiger partial charge on any atom is -0.495 e. The second-order valence-electron chi connectivity index (χ2n) is 9.41. The first kappa shape index (κ1) is 25.3. The average molecular weight is 514 g/mol. The molecular weight excluding hydrogens is 485 g/mol. The predicted octanol–water partition coefficient (Wildman–Crippen LogP) is 5.66. The molecule has 1 aliphatic heterocycles. The van der Waals surface area contributed by atoms with Gasteiger partial charge in [-0.2, -0.15) is 0 Å². The van der Waals surface area contributed by atoms with Crippen molar-refractivity contribution in [1.82, 2.24) is 10.2 Å². The van der Waals surface area contributed by atoms with E-state index >= 15 is 0 Å². The molecular formula is C26H29Cl2N5O2. The molecule has 184 valence electrons. The molecule has 2 heterocycles. The largest absolute Gasteiger partial charge is 0.495 e. The fourth-order valence-corrected chi connectivity index (χ4v) is 5.57. The van der Waals surface area contributed by atoms with Crippen molar-refractivity contribution >= 4 is 52.1 Å². The van der Waals surface area contributed by atoms with Crippen molar-refractivity contribution in [2.45, 2.75) is 38.2 Å². The van der Waals surface area contributed by atoms with Crippen LogP contribution in [0.1, 0.15) is 31.2 Å². The summed E-state index contributed by atoms with van der Waals surface area (Å²) in [6.45, 7) is 9.92. The number of aromatic nitrogens is 2. The molecule has 1 aromatic heterocycles. The Labute approximate surface area is 216 Å². The zero-order valence-electron chi connectivity index (χ0n) is 19.6. The molecule has 1 aliphatic carbocycles. The van der Waals surface area contributed by atoms with Crippen molar-refractivity contribution < 1.29 is 9.84 Å². The van der Waals surface area contributed by atoms with Gasteiger partial charge in [0.15, 0.2) is 17.3 Å². The zero-order valence-corrected chi connectivity index (χ0v) is 21.2. The second kappa shape index (κ2) is 10.4. The van der Waals surface area contributed by atoms with Crippen LogP contribution in [0.4, 0.5) is 17.3 Å². The van der Waals surface area contributed by atoms with Gasteiger partial charge in [0, 0.05) is 30.4 Å². The molecule has 5 rings (SSSR count). The van der Waals surface area contributed by atoms with Crippen LogP contribution < -0.4 is 15.0 Å². The number of piperidine rings is 1. The van der Waals surface area contributed by atoms with Crippen molar-refractivity contribution in [2.24, 2.45) is 5.41 Å². The van der Waals surface area contributed by atoms with Crippen molar-refractivity contribution in [2.75, 3.05) is 37.0 Å². The van der Waals surface area contributed by atoms with E-state index in [-0.39, 0.29) is 18.5 Å². The molecule has 3 aromatic rings. The van der Waals surface area contributed by atoms with Crippen LogP contribution in [-0.2, 0) is 6.42 Å². The number of fused-ring (bicyclic) bond motifs is 1. The van der Waals surface area contributed by atoms with Gasteiger partial charge in [-0.3, -0.25) is 0 Å². The minimum atomic E-state index is -0.126. The summed E-state index contributed by atoms with van der Waals surface area (Å²) in [5.74, 6) is 2.21. The first-order chi connectivity index (χ1) is 16.5. The number of nitrogens with zero attached hydrogens (tertiary/aromatic N) is 4. The van der Waals surface area contributed by atoms with Gasteiger partial charge in [0.05, 0.1) is 24.8 Å². The Morgan fingerprint density at radius 2 is 1.94 bits per heavy atom. The molecule has 1 saturated carbocycles. The highest BCUT2D eigenvalue weighted by Gasteiger charge is 2.45. The number of hydrogen-bond donors (Lipinski definition) is 2. The third kappa shape index (κ3) is 5.11. The number of nitrogens with one attached hydrogen (secondary N) is 1. The van der Waals surface area contributed by atoms with Gasteiger partial charge < -0.3 is 20.1 Å². The molecule has 1 spiro atoms. The van der Waals surface area contributed by atoms with E-state index in [1.54, 1.807) is 7.11 Å². The molecule has 0 amide bonds. The first-order valence-electron chi connectivity index (χ1n) is 11.7. The molecule has 2 N–H and O–H groups in total. The van der Waals surface area contributed by atoms with E-state index in [1.165, 1.54) is 0 Å². The zero-order chi connectivity index (χ0) is 23.7. The summed E-state index contributed by atoms with van der Waals surface area (Å²) in [5, 5.41) is 24.8. The van der Waals surface area contributed by atoms with Crippen molar-refractivity contribution in [3.05, 3.63) is 58.4 Å². The summed E-state index contributed by atoms with van der Waals surface area (Å²) in [5.41, 5.74) is 1.98. The fraction of sp³-hybridized carbons (Fsp3) is 0.423. The topological polar surface area (TPSA) is 74.9 Å². The van der Waals surface area contributed by atoms with Crippen molar-refractivity contribution in [3.63, 3.8) is 0 Å². The van der Waals surface area contributed by atoms with Crippen molar-refractivity contribution in [3.8, 4) is 5.75 Å². The molecule has 2 aromatic carbocycles. The van der Waals surface area contributed by atoms with Crippen LogP contribution in [-0.4, -0.2) is 48.2 Å². The highest BCUT2D eigenvalue weighted by Crippen LogP contribution is 2.49. The van der Waals surface area contributed by atoms with E-state index in [4.69, 9.17) is 22.9 Å². The molecule has 0 radical (unpaired) electrons. The van der Waals surface area contributed by atoms with Gasteiger partial charge >= 0.3 is 0 Å². The number of aliphatic hydroxyl groups is 1. The van der Waals surface area contributed by atoms with Crippen LogP contribution in [0.2, 0.25) is 5.02 Å². The molecule has 0 bridgehead atoms. The standard InChI is InChI=1S/C26H28ClN5O2.ClH/c1-28-18-4-5-20-21(14-18)24(29-10-7-17-3-6-23(34-2)22(27)13-17)30-31-25(20)32-11-8-26(9-12-32)15-19(33)16-26;/h3-6,13-14,19,33H,7-12,15-16H2,2H3,(H,29,30);1H. The number of halogens is 2. The van der Waals surface area contributed by atoms with Gasteiger partial charge in [-0.1, -0.05) is 29.8 Å². The smallest absolute Gasteiger partial charge is 0.188 e. The third-order valence-corrected chi connectivity index (χ3v) is 7.55. The van der Waals surface area contributed by atoms with Gasteiger partial charge in [-0.15, -0.1) is 22.6 Å². The van der Waals surface area contributed by atoms with E-state index in [1.807, 2.05) is 36.4 Å². The Bertz CT molecular complexity index is 1250. The summed E-state index contributed by atoms with van der Waals surface area (Å²) >= 11 is 6.25. The summed E-state index contributed by atoms with van der Waals surface area (Å²) in [4.78, 5) is 5.91. The van der Waals surface area contributed by atoms with Crippen LogP contribution in [0.3, 0.4) is 0 Å². The Morgan fingerprint density at radius 3 is 2.60 bits per heavy atom. The number of anilines is 2. The highest BCUT2D eigenvalue weighted by atomic mass is 35.5. The van der Waals surface area contributed by atoms with Crippen molar-refractivity contribution in [1.29, 1.82) is 0 Å². The lowest BCUT2D eigenvalue weighted by Gasteiger charge is -2.50. The lowest BCUT2D eigenvalue weighted by molar-refractivity contribution is -0.0464. The highest BCUT2D eigenvalue weighted by molar-refractivity contribution is 6.32. The molecule has 1 saturated heterocycles. The summed E-state index contributed by atoms with van der Waals surface area (Å²) in [6.07, 6.45) is 4.61. The minimum absolute atomic E-state index is 0. The van der Waals surface area contributed by atoms with Gasteiger partial charge in [0.25, 0.3) is 0 Å². The molecule has 9 heteroatoms. The number of rotatable bonds is 6. The molecule has 2 aliphatic rings. The Morgan fingerprint density at radius 1 is 1.17 bits per heavy atom.